The van der Waals surface area contributed by atoms with E-state index in [0.717, 1.165) is 31.2 Å². The number of carbonyl (C=O) groups is 1. The van der Waals surface area contributed by atoms with Gasteiger partial charge in [-0.25, -0.2) is 0 Å². The highest BCUT2D eigenvalue weighted by molar-refractivity contribution is 5.79. The molecule has 2 rings (SSSR count). The van der Waals surface area contributed by atoms with Crippen molar-refractivity contribution in [1.29, 1.82) is 0 Å². The first-order valence-corrected chi connectivity index (χ1v) is 8.86. The van der Waals surface area contributed by atoms with Gasteiger partial charge in [-0.1, -0.05) is 25.3 Å². The Morgan fingerprint density at radius 2 is 1.88 bits per heavy atom. The van der Waals surface area contributed by atoms with Gasteiger partial charge in [0.2, 0.25) is 5.91 Å². The van der Waals surface area contributed by atoms with Crippen LogP contribution in [0.1, 0.15) is 44.6 Å². The van der Waals surface area contributed by atoms with Crippen molar-refractivity contribution in [1.82, 2.24) is 4.90 Å². The highest BCUT2D eigenvalue weighted by Gasteiger charge is 2.30. The summed E-state index contributed by atoms with van der Waals surface area (Å²) in [4.78, 5) is 14.9. The molecule has 2 N–H and O–H groups in total. The van der Waals surface area contributed by atoms with E-state index >= 15 is 0 Å². The number of benzene rings is 1. The molecule has 0 unspecified atom stereocenters. The van der Waals surface area contributed by atoms with Crippen LogP contribution >= 0.6 is 0 Å². The molecule has 1 amide bonds. The maximum Gasteiger partial charge on any atom is 0.227 e. The summed E-state index contributed by atoms with van der Waals surface area (Å²) in [6.45, 7) is 3.26. The zero-order valence-corrected chi connectivity index (χ0v) is 15.1. The summed E-state index contributed by atoms with van der Waals surface area (Å²) in [6, 6.07) is 5.77. The Labute approximate surface area is 145 Å². The Morgan fingerprint density at radius 3 is 2.54 bits per heavy atom. The molecule has 0 radical (unpaired) electrons. The van der Waals surface area contributed by atoms with Gasteiger partial charge < -0.3 is 20.1 Å². The number of rotatable bonds is 6. The number of nitrogens with zero attached hydrogens (tertiary/aromatic N) is 1. The van der Waals surface area contributed by atoms with Crippen LogP contribution in [0.15, 0.2) is 18.2 Å². The monoisotopic (exact) mass is 334 g/mol. The van der Waals surface area contributed by atoms with E-state index in [2.05, 4.69) is 0 Å². The van der Waals surface area contributed by atoms with Gasteiger partial charge in [-0.05, 0) is 37.5 Å². The lowest BCUT2D eigenvalue weighted by Gasteiger charge is -2.29. The molecule has 0 aromatic heterocycles. The smallest absolute Gasteiger partial charge is 0.227 e. The van der Waals surface area contributed by atoms with Crippen molar-refractivity contribution in [2.24, 2.45) is 11.7 Å². The lowest BCUT2D eigenvalue weighted by Crippen LogP contribution is -2.43. The molecule has 1 aliphatic rings. The third-order valence-corrected chi connectivity index (χ3v) is 4.90. The lowest BCUT2D eigenvalue weighted by atomic mass is 9.93. The fraction of sp³-hybridized carbons (Fsp3) is 0.632. The van der Waals surface area contributed by atoms with Crippen LogP contribution in [0.5, 0.6) is 11.5 Å². The maximum absolute atomic E-state index is 13.0. The average molecular weight is 334 g/mol. The van der Waals surface area contributed by atoms with Gasteiger partial charge in [0.25, 0.3) is 0 Å². The number of carbonyl (C=O) groups excluding carboxylic acids is 1. The first kappa shape index (κ1) is 18.6. The standard InChI is InChI=1S/C19H30N2O3/c1-4-21(19(22)15-8-6-5-7-9-16(15)20)13-14-10-11-17(23-2)18(12-14)24-3/h10-12,15-16H,4-9,13,20H2,1-3H3/t15-,16-/m0/s1. The molecular formula is C19H30N2O3. The average Bonchev–Trinajstić information content (AvgIpc) is 2.83. The molecule has 1 fully saturated rings. The topological polar surface area (TPSA) is 64.8 Å². The first-order chi connectivity index (χ1) is 11.6. The SMILES string of the molecule is CCN(Cc1ccc(OC)c(OC)c1)C(=O)[C@H]1CCCCC[C@@H]1N. The van der Waals surface area contributed by atoms with E-state index in [0.29, 0.717) is 24.6 Å². The van der Waals surface area contributed by atoms with Crippen LogP contribution in [-0.4, -0.2) is 37.6 Å². The number of ether oxygens (including phenoxy) is 2. The summed E-state index contributed by atoms with van der Waals surface area (Å²) < 4.78 is 10.6. The second-order valence-corrected chi connectivity index (χ2v) is 6.45. The second-order valence-electron chi connectivity index (χ2n) is 6.45. The summed E-state index contributed by atoms with van der Waals surface area (Å²) in [6.07, 6.45) is 5.26. The molecule has 1 aromatic carbocycles. The summed E-state index contributed by atoms with van der Waals surface area (Å²) in [5.74, 6) is 1.51. The zero-order chi connectivity index (χ0) is 17.5. The van der Waals surface area contributed by atoms with Crippen molar-refractivity contribution in [3.05, 3.63) is 23.8 Å². The van der Waals surface area contributed by atoms with E-state index in [9.17, 15) is 4.79 Å². The lowest BCUT2D eigenvalue weighted by molar-refractivity contribution is -0.136. The summed E-state index contributed by atoms with van der Waals surface area (Å²) in [7, 11) is 3.24. The fourth-order valence-electron chi connectivity index (χ4n) is 3.42. The van der Waals surface area contributed by atoms with Crippen molar-refractivity contribution in [3.8, 4) is 11.5 Å². The molecule has 0 aliphatic heterocycles. The molecule has 5 heteroatoms. The van der Waals surface area contributed by atoms with E-state index in [4.69, 9.17) is 15.2 Å². The Balaban J connectivity index is 2.12. The predicted molar refractivity (Wildman–Crippen MR) is 95.2 cm³/mol. The quantitative estimate of drug-likeness (QED) is 0.812. The number of nitrogens with two attached hydrogens (primary N) is 1. The summed E-state index contributed by atoms with van der Waals surface area (Å²) in [5, 5.41) is 0. The molecule has 2 atom stereocenters. The predicted octanol–water partition coefficient (Wildman–Crippen LogP) is 2.96. The Kier molecular flexibility index (Phi) is 6.91. The van der Waals surface area contributed by atoms with Crippen LogP contribution in [0, 0.1) is 5.92 Å². The highest BCUT2D eigenvalue weighted by Crippen LogP contribution is 2.29. The largest absolute Gasteiger partial charge is 0.493 e. The first-order valence-electron chi connectivity index (χ1n) is 8.86. The van der Waals surface area contributed by atoms with Crippen molar-refractivity contribution in [2.75, 3.05) is 20.8 Å². The number of hydrogen-bond donors (Lipinski definition) is 1. The minimum atomic E-state index is -0.0485. The van der Waals surface area contributed by atoms with Gasteiger partial charge in [0.15, 0.2) is 11.5 Å². The highest BCUT2D eigenvalue weighted by atomic mass is 16.5. The van der Waals surface area contributed by atoms with Gasteiger partial charge in [-0.3, -0.25) is 4.79 Å². The molecule has 24 heavy (non-hydrogen) atoms. The number of methoxy groups -OCH3 is 2. The van der Waals surface area contributed by atoms with E-state index in [1.54, 1.807) is 14.2 Å². The summed E-state index contributed by atoms with van der Waals surface area (Å²) in [5.41, 5.74) is 7.30. The Morgan fingerprint density at radius 1 is 1.17 bits per heavy atom. The minimum Gasteiger partial charge on any atom is -0.493 e. The van der Waals surface area contributed by atoms with Crippen LogP contribution in [0.4, 0.5) is 0 Å². The van der Waals surface area contributed by atoms with Gasteiger partial charge in [-0.2, -0.15) is 0 Å². The zero-order valence-electron chi connectivity index (χ0n) is 15.1. The molecule has 0 heterocycles. The van der Waals surface area contributed by atoms with Gasteiger partial charge >= 0.3 is 0 Å². The molecular weight excluding hydrogens is 304 g/mol. The molecule has 1 aromatic rings. The van der Waals surface area contributed by atoms with Crippen LogP contribution in [-0.2, 0) is 11.3 Å². The van der Waals surface area contributed by atoms with E-state index < -0.39 is 0 Å². The molecule has 0 spiro atoms. The third kappa shape index (κ3) is 4.41. The number of amides is 1. The normalized spacial score (nSPS) is 21.0. The van der Waals surface area contributed by atoms with Crippen molar-refractivity contribution < 1.29 is 14.3 Å². The van der Waals surface area contributed by atoms with Crippen molar-refractivity contribution in [3.63, 3.8) is 0 Å². The van der Waals surface area contributed by atoms with Gasteiger partial charge in [-0.15, -0.1) is 0 Å². The van der Waals surface area contributed by atoms with Gasteiger partial charge in [0.05, 0.1) is 20.1 Å². The molecule has 0 bridgehead atoms. The van der Waals surface area contributed by atoms with Crippen LogP contribution in [0.3, 0.4) is 0 Å². The molecule has 1 aliphatic carbocycles. The second kappa shape index (κ2) is 8.92. The van der Waals surface area contributed by atoms with E-state index in [1.165, 1.54) is 6.42 Å². The van der Waals surface area contributed by atoms with Crippen molar-refractivity contribution in [2.45, 2.75) is 51.6 Å². The van der Waals surface area contributed by atoms with Crippen LogP contribution < -0.4 is 15.2 Å². The minimum absolute atomic E-state index is 0.0144. The Hall–Kier alpha value is -1.75. The molecule has 134 valence electrons. The molecule has 0 saturated heterocycles. The fourth-order valence-corrected chi connectivity index (χ4v) is 3.42. The van der Waals surface area contributed by atoms with E-state index in [-0.39, 0.29) is 17.9 Å². The van der Waals surface area contributed by atoms with Crippen LogP contribution in [0.25, 0.3) is 0 Å². The van der Waals surface area contributed by atoms with Crippen molar-refractivity contribution >= 4 is 5.91 Å². The third-order valence-electron chi connectivity index (χ3n) is 4.90. The molecule has 1 saturated carbocycles. The Bertz CT molecular complexity index is 547. The number of hydrogen-bond acceptors (Lipinski definition) is 4. The van der Waals surface area contributed by atoms with Gasteiger partial charge in [0.1, 0.15) is 0 Å². The van der Waals surface area contributed by atoms with E-state index in [1.807, 2.05) is 30.0 Å². The van der Waals surface area contributed by atoms with Gasteiger partial charge in [0, 0.05) is 19.1 Å². The summed E-state index contributed by atoms with van der Waals surface area (Å²) >= 11 is 0. The van der Waals surface area contributed by atoms with Crippen LogP contribution in [0.2, 0.25) is 0 Å². The maximum atomic E-state index is 13.0. The molecule has 5 nitrogen and oxygen atoms in total.